The lowest BCUT2D eigenvalue weighted by Gasteiger charge is -2.38. The Hall–Kier alpha value is -2.13. The van der Waals surface area contributed by atoms with Crippen LogP contribution in [0.1, 0.15) is 69.4 Å². The van der Waals surface area contributed by atoms with E-state index in [1.165, 1.54) is 0 Å². The van der Waals surface area contributed by atoms with Crippen molar-refractivity contribution in [1.82, 2.24) is 19.8 Å². The summed E-state index contributed by atoms with van der Waals surface area (Å²) >= 11 is 0. The number of amides is 3. The molecule has 4 rings (SSSR count). The van der Waals surface area contributed by atoms with Crippen LogP contribution in [0.5, 0.6) is 0 Å². The van der Waals surface area contributed by atoms with Crippen LogP contribution in [0.2, 0.25) is 0 Å². The monoisotopic (exact) mass is 504 g/mol. The van der Waals surface area contributed by atoms with Gasteiger partial charge in [0.2, 0.25) is 15.9 Å². The van der Waals surface area contributed by atoms with Crippen LogP contribution in [0, 0.1) is 19.3 Å². The molecule has 3 amide bonds. The van der Waals surface area contributed by atoms with Crippen LogP contribution in [0.4, 0.5) is 4.79 Å². The number of carbonyl (C=O) groups is 2. The van der Waals surface area contributed by atoms with E-state index < -0.39 is 10.0 Å². The number of nitrogens with zero attached hydrogens (tertiary/aromatic N) is 2. The van der Waals surface area contributed by atoms with Gasteiger partial charge in [0.05, 0.1) is 10.9 Å². The minimum absolute atomic E-state index is 0.0488. The molecule has 2 unspecified atom stereocenters. The van der Waals surface area contributed by atoms with E-state index >= 15 is 0 Å². The minimum atomic E-state index is -3.50. The van der Waals surface area contributed by atoms with Crippen LogP contribution in [0.25, 0.3) is 0 Å². The molecular formula is C26H40N4O4S. The van der Waals surface area contributed by atoms with E-state index in [-0.39, 0.29) is 29.4 Å². The van der Waals surface area contributed by atoms with E-state index in [1.54, 1.807) is 10.4 Å². The van der Waals surface area contributed by atoms with Gasteiger partial charge < -0.3 is 15.5 Å². The predicted molar refractivity (Wildman–Crippen MR) is 136 cm³/mol. The van der Waals surface area contributed by atoms with Crippen molar-refractivity contribution in [1.29, 1.82) is 0 Å². The molecule has 3 aliphatic rings. The highest BCUT2D eigenvalue weighted by atomic mass is 32.2. The highest BCUT2D eigenvalue weighted by molar-refractivity contribution is 7.89. The summed E-state index contributed by atoms with van der Waals surface area (Å²) in [5.74, 6) is 0.219. The maximum atomic E-state index is 13.3. The lowest BCUT2D eigenvalue weighted by molar-refractivity contribution is -0.130. The number of piperidine rings is 1. The fourth-order valence-corrected chi connectivity index (χ4v) is 7.57. The van der Waals surface area contributed by atoms with Crippen molar-refractivity contribution in [2.75, 3.05) is 26.2 Å². The Morgan fingerprint density at radius 2 is 1.77 bits per heavy atom. The minimum Gasteiger partial charge on any atom is -0.342 e. The summed E-state index contributed by atoms with van der Waals surface area (Å²) in [5, 5.41) is 5.81. The zero-order chi connectivity index (χ0) is 25.2. The number of aryl methyl sites for hydroxylation is 2. The first-order valence-electron chi connectivity index (χ1n) is 13.0. The van der Waals surface area contributed by atoms with Gasteiger partial charge in [0.1, 0.15) is 0 Å². The van der Waals surface area contributed by atoms with Crippen LogP contribution in [0.15, 0.2) is 23.1 Å². The Balaban J connectivity index is 1.21. The lowest BCUT2D eigenvalue weighted by atomic mass is 9.78. The van der Waals surface area contributed by atoms with Gasteiger partial charge in [-0.3, -0.25) is 4.79 Å². The second-order valence-electron chi connectivity index (χ2n) is 10.9. The molecule has 3 heterocycles. The molecule has 0 aliphatic carbocycles. The summed E-state index contributed by atoms with van der Waals surface area (Å²) in [6, 6.07) is 5.84. The van der Waals surface area contributed by atoms with Crippen molar-refractivity contribution in [2.24, 2.45) is 5.41 Å². The van der Waals surface area contributed by atoms with E-state index in [9.17, 15) is 18.0 Å². The molecule has 2 N–H and O–H groups in total. The Labute approximate surface area is 209 Å². The SMILES string of the molecule is Cc1ccc(C)c(S(=O)(=O)N2CCC3(CCN(C(=O)CCCCCC4NC(=O)NC4C)C3)CC2)c1. The number of rotatable bonds is 8. The highest BCUT2D eigenvalue weighted by Crippen LogP contribution is 2.42. The largest absolute Gasteiger partial charge is 0.342 e. The van der Waals surface area contributed by atoms with Gasteiger partial charge in [0.25, 0.3) is 0 Å². The molecule has 1 aromatic carbocycles. The first-order valence-corrected chi connectivity index (χ1v) is 14.5. The van der Waals surface area contributed by atoms with Gasteiger partial charge in [-0.1, -0.05) is 25.0 Å². The van der Waals surface area contributed by atoms with E-state index in [4.69, 9.17) is 0 Å². The molecule has 9 heteroatoms. The average molecular weight is 505 g/mol. The van der Waals surface area contributed by atoms with E-state index in [2.05, 4.69) is 10.6 Å². The second-order valence-corrected chi connectivity index (χ2v) is 12.8. The first-order chi connectivity index (χ1) is 16.6. The third-order valence-electron chi connectivity index (χ3n) is 8.22. The molecule has 0 bridgehead atoms. The van der Waals surface area contributed by atoms with Gasteiger partial charge in [-0.25, -0.2) is 13.2 Å². The number of unbranched alkanes of at least 4 members (excludes halogenated alkanes) is 2. The summed E-state index contributed by atoms with van der Waals surface area (Å²) < 4.78 is 28.2. The predicted octanol–water partition coefficient (Wildman–Crippen LogP) is 3.33. The Morgan fingerprint density at radius 3 is 2.46 bits per heavy atom. The van der Waals surface area contributed by atoms with Crippen LogP contribution < -0.4 is 10.6 Å². The van der Waals surface area contributed by atoms with Crippen LogP contribution in [-0.2, 0) is 14.8 Å². The quantitative estimate of drug-likeness (QED) is 0.531. The number of sulfonamides is 1. The normalized spacial score (nSPS) is 24.5. The summed E-state index contributed by atoms with van der Waals surface area (Å²) in [7, 11) is -3.50. The molecule has 2 atom stereocenters. The Bertz CT molecular complexity index is 1050. The van der Waals surface area contributed by atoms with Crippen molar-refractivity contribution in [3.05, 3.63) is 29.3 Å². The molecule has 1 spiro atoms. The molecule has 35 heavy (non-hydrogen) atoms. The highest BCUT2D eigenvalue weighted by Gasteiger charge is 2.44. The van der Waals surface area contributed by atoms with Gasteiger partial charge >= 0.3 is 6.03 Å². The number of nitrogens with one attached hydrogen (secondary N) is 2. The summed E-state index contributed by atoms with van der Waals surface area (Å²) in [5.41, 5.74) is 1.78. The van der Waals surface area contributed by atoms with Gasteiger partial charge in [-0.05, 0) is 75.5 Å². The first kappa shape index (κ1) is 25.9. The van der Waals surface area contributed by atoms with Gasteiger partial charge in [-0.15, -0.1) is 0 Å². The molecule has 3 saturated heterocycles. The zero-order valence-electron chi connectivity index (χ0n) is 21.3. The van der Waals surface area contributed by atoms with Crippen molar-refractivity contribution in [2.45, 2.75) is 89.1 Å². The lowest BCUT2D eigenvalue weighted by Crippen LogP contribution is -2.44. The molecule has 194 valence electrons. The van der Waals surface area contributed by atoms with E-state index in [0.29, 0.717) is 24.4 Å². The van der Waals surface area contributed by atoms with Crippen LogP contribution in [-0.4, -0.2) is 67.8 Å². The average Bonchev–Trinajstić information content (AvgIpc) is 3.37. The molecule has 3 aliphatic heterocycles. The standard InChI is InChI=1S/C26H40N4O4S/c1-19-9-10-20(2)23(17-19)35(33,34)30-15-12-26(13-16-30)11-14-29(18-26)24(31)8-6-4-5-7-22-21(3)27-25(32)28-22/h9-10,17,21-22H,4-8,11-16,18H2,1-3H3,(H2,27,28,32). The van der Waals surface area contributed by atoms with E-state index in [0.717, 1.165) is 69.2 Å². The number of carbonyl (C=O) groups excluding carboxylic acids is 2. The fourth-order valence-electron chi connectivity index (χ4n) is 5.82. The maximum Gasteiger partial charge on any atom is 0.315 e. The zero-order valence-corrected chi connectivity index (χ0v) is 22.1. The van der Waals surface area contributed by atoms with Crippen molar-refractivity contribution in [3.63, 3.8) is 0 Å². The third-order valence-corrected chi connectivity index (χ3v) is 10.3. The van der Waals surface area contributed by atoms with Gasteiger partial charge in [0, 0.05) is 38.6 Å². The molecular weight excluding hydrogens is 464 g/mol. The number of likely N-dealkylation sites (tertiary alicyclic amines) is 1. The number of urea groups is 1. The number of hydrogen-bond acceptors (Lipinski definition) is 4. The maximum absolute atomic E-state index is 13.3. The van der Waals surface area contributed by atoms with Crippen LogP contribution in [0.3, 0.4) is 0 Å². The number of benzene rings is 1. The van der Waals surface area contributed by atoms with Crippen LogP contribution >= 0.6 is 0 Å². The van der Waals surface area contributed by atoms with Gasteiger partial charge in [0.15, 0.2) is 0 Å². The van der Waals surface area contributed by atoms with E-state index in [1.807, 2.05) is 37.8 Å². The van der Waals surface area contributed by atoms with Crippen molar-refractivity contribution < 1.29 is 18.0 Å². The molecule has 8 nitrogen and oxygen atoms in total. The second kappa shape index (κ2) is 10.5. The topological polar surface area (TPSA) is 98.8 Å². The fraction of sp³-hybridized carbons (Fsp3) is 0.692. The molecule has 0 aromatic heterocycles. The Kier molecular flexibility index (Phi) is 7.76. The molecule has 0 saturated carbocycles. The third kappa shape index (κ3) is 5.82. The summed E-state index contributed by atoms with van der Waals surface area (Å²) in [4.78, 5) is 26.6. The van der Waals surface area contributed by atoms with Crippen molar-refractivity contribution in [3.8, 4) is 0 Å². The summed E-state index contributed by atoms with van der Waals surface area (Å²) in [6.07, 6.45) is 6.92. The number of hydrogen-bond donors (Lipinski definition) is 2. The molecule has 1 aromatic rings. The Morgan fingerprint density at radius 1 is 1.06 bits per heavy atom. The molecule has 3 fully saturated rings. The molecule has 0 radical (unpaired) electrons. The van der Waals surface area contributed by atoms with Crippen molar-refractivity contribution >= 4 is 22.0 Å². The smallest absolute Gasteiger partial charge is 0.315 e. The van der Waals surface area contributed by atoms with Gasteiger partial charge in [-0.2, -0.15) is 4.31 Å². The summed E-state index contributed by atoms with van der Waals surface area (Å²) in [6.45, 7) is 8.34.